The van der Waals surface area contributed by atoms with E-state index in [1.807, 2.05) is 24.3 Å². The standard InChI is InChI=1S/C50H30N2O3/c1-2-12-31(13-3-1)48-41-18-4-7-20-42(41)52-49-36(19-11-23-45(49)55-50(48)52)32-14-10-15-33(28-32)51(34-24-26-39-37-16-5-8-21-43(37)53-46(39)29-34)35-25-27-40-38-17-6-9-22-44(38)54-47(40)30-35/h1-30H. The van der Waals surface area contributed by atoms with Crippen LogP contribution < -0.4 is 4.90 Å². The molecule has 0 fully saturated rings. The van der Waals surface area contributed by atoms with E-state index >= 15 is 0 Å². The molecule has 0 bridgehead atoms. The number of aromatic nitrogens is 1. The molecule has 0 radical (unpaired) electrons. The topological polar surface area (TPSA) is 47.1 Å². The second-order valence-corrected chi connectivity index (χ2v) is 14.1. The van der Waals surface area contributed by atoms with Crippen LogP contribution in [-0.4, -0.2) is 4.40 Å². The van der Waals surface area contributed by atoms with Gasteiger partial charge in [-0.1, -0.05) is 109 Å². The summed E-state index contributed by atoms with van der Waals surface area (Å²) in [6.45, 7) is 0. The molecule has 0 N–H and O–H groups in total. The zero-order valence-electron chi connectivity index (χ0n) is 29.4. The van der Waals surface area contributed by atoms with Crippen LogP contribution in [0.25, 0.3) is 93.8 Å². The van der Waals surface area contributed by atoms with E-state index in [1.54, 1.807) is 0 Å². The molecule has 8 aromatic carbocycles. The number of rotatable bonds is 5. The Morgan fingerprint density at radius 2 is 0.909 bits per heavy atom. The molecule has 0 aliphatic rings. The van der Waals surface area contributed by atoms with E-state index in [4.69, 9.17) is 13.3 Å². The summed E-state index contributed by atoms with van der Waals surface area (Å²) in [6, 6.07) is 63.5. The number of anilines is 3. The number of furan rings is 2. The third-order valence-corrected chi connectivity index (χ3v) is 11.0. The minimum Gasteiger partial charge on any atom is -0.456 e. The van der Waals surface area contributed by atoms with Crippen molar-refractivity contribution in [3.63, 3.8) is 0 Å². The average Bonchev–Trinajstić information content (AvgIpc) is 3.99. The lowest BCUT2D eigenvalue weighted by Gasteiger charge is -2.26. The van der Waals surface area contributed by atoms with E-state index in [2.05, 4.69) is 167 Å². The van der Waals surface area contributed by atoms with Gasteiger partial charge in [0.1, 0.15) is 22.3 Å². The molecule has 0 aliphatic carbocycles. The number of nitrogens with zero attached hydrogens (tertiary/aromatic N) is 2. The molecule has 0 amide bonds. The smallest absolute Gasteiger partial charge is 0.213 e. The van der Waals surface area contributed by atoms with Crippen LogP contribution in [0.15, 0.2) is 195 Å². The van der Waals surface area contributed by atoms with E-state index in [0.717, 1.165) is 111 Å². The maximum Gasteiger partial charge on any atom is 0.213 e. The summed E-state index contributed by atoms with van der Waals surface area (Å²) < 4.78 is 21.9. The summed E-state index contributed by atoms with van der Waals surface area (Å²) in [5.74, 6) is 0. The Labute approximate surface area is 314 Å². The van der Waals surface area contributed by atoms with Gasteiger partial charge in [0.15, 0.2) is 5.58 Å². The highest BCUT2D eigenvalue weighted by Crippen LogP contribution is 2.44. The molecule has 12 aromatic rings. The molecule has 5 heteroatoms. The first-order chi connectivity index (χ1) is 27.3. The van der Waals surface area contributed by atoms with E-state index < -0.39 is 0 Å². The van der Waals surface area contributed by atoms with Crippen molar-refractivity contribution in [1.82, 2.24) is 4.40 Å². The van der Waals surface area contributed by atoms with Gasteiger partial charge in [0.05, 0.1) is 16.6 Å². The Hall–Kier alpha value is -7.50. The number of oxazole rings is 1. The molecule has 4 aromatic heterocycles. The zero-order chi connectivity index (χ0) is 36.0. The third-order valence-electron chi connectivity index (χ3n) is 11.0. The van der Waals surface area contributed by atoms with Gasteiger partial charge in [-0.05, 0) is 71.8 Å². The van der Waals surface area contributed by atoms with Crippen molar-refractivity contribution in [2.24, 2.45) is 0 Å². The summed E-state index contributed by atoms with van der Waals surface area (Å²) in [7, 11) is 0. The lowest BCUT2D eigenvalue weighted by Crippen LogP contribution is -2.10. The fourth-order valence-corrected chi connectivity index (χ4v) is 8.56. The molecular weight excluding hydrogens is 677 g/mol. The van der Waals surface area contributed by atoms with Gasteiger partial charge in [-0.15, -0.1) is 0 Å². The maximum absolute atomic E-state index is 6.76. The first-order valence-electron chi connectivity index (χ1n) is 18.5. The maximum atomic E-state index is 6.76. The number of para-hydroxylation sites is 4. The Morgan fingerprint density at radius 1 is 0.364 bits per heavy atom. The molecule has 0 unspecified atom stereocenters. The highest BCUT2D eigenvalue weighted by Gasteiger charge is 2.23. The van der Waals surface area contributed by atoms with Crippen LogP contribution in [0.2, 0.25) is 0 Å². The van der Waals surface area contributed by atoms with E-state index in [1.165, 1.54) is 0 Å². The highest BCUT2D eigenvalue weighted by molar-refractivity contribution is 6.10. The van der Waals surface area contributed by atoms with Crippen LogP contribution in [0.4, 0.5) is 17.1 Å². The number of hydrogen-bond donors (Lipinski definition) is 0. The predicted octanol–water partition coefficient (Wildman–Crippen LogP) is 14.4. The molecule has 12 rings (SSSR count). The Morgan fingerprint density at radius 3 is 1.62 bits per heavy atom. The van der Waals surface area contributed by atoms with Crippen LogP contribution in [0.3, 0.4) is 0 Å². The van der Waals surface area contributed by atoms with Crippen molar-refractivity contribution in [3.8, 4) is 22.3 Å². The van der Waals surface area contributed by atoms with Crippen molar-refractivity contribution in [2.75, 3.05) is 4.90 Å². The number of hydrogen-bond acceptors (Lipinski definition) is 4. The van der Waals surface area contributed by atoms with E-state index in [0.29, 0.717) is 0 Å². The van der Waals surface area contributed by atoms with Crippen LogP contribution >= 0.6 is 0 Å². The molecule has 0 aliphatic heterocycles. The Kier molecular flexibility index (Phi) is 6.27. The average molecular weight is 707 g/mol. The minimum absolute atomic E-state index is 0.836. The van der Waals surface area contributed by atoms with Gasteiger partial charge in [0.2, 0.25) is 5.71 Å². The fourth-order valence-electron chi connectivity index (χ4n) is 8.56. The van der Waals surface area contributed by atoms with Crippen LogP contribution in [0.1, 0.15) is 0 Å². The first-order valence-corrected chi connectivity index (χ1v) is 18.5. The van der Waals surface area contributed by atoms with Gasteiger partial charge in [-0.3, -0.25) is 4.40 Å². The number of fused-ring (bicyclic) bond motifs is 11. The van der Waals surface area contributed by atoms with Gasteiger partial charge < -0.3 is 18.2 Å². The largest absolute Gasteiger partial charge is 0.456 e. The lowest BCUT2D eigenvalue weighted by atomic mass is 10.0. The van der Waals surface area contributed by atoms with Gasteiger partial charge in [-0.2, -0.15) is 0 Å². The molecule has 0 saturated carbocycles. The van der Waals surface area contributed by atoms with Crippen LogP contribution in [0.5, 0.6) is 0 Å². The van der Waals surface area contributed by atoms with E-state index in [9.17, 15) is 0 Å². The predicted molar refractivity (Wildman–Crippen MR) is 225 cm³/mol. The Balaban J connectivity index is 1.08. The van der Waals surface area contributed by atoms with Crippen molar-refractivity contribution < 1.29 is 13.3 Å². The van der Waals surface area contributed by atoms with Crippen molar-refractivity contribution in [2.45, 2.75) is 0 Å². The normalized spacial score (nSPS) is 12.0. The Bertz CT molecular complexity index is 3340. The molecule has 5 nitrogen and oxygen atoms in total. The van der Waals surface area contributed by atoms with Crippen molar-refractivity contribution >= 4 is 88.7 Å². The minimum atomic E-state index is 0.836. The van der Waals surface area contributed by atoms with Crippen molar-refractivity contribution in [1.29, 1.82) is 0 Å². The van der Waals surface area contributed by atoms with Gasteiger partial charge in [0.25, 0.3) is 0 Å². The summed E-state index contributed by atoms with van der Waals surface area (Å²) in [4.78, 5) is 2.28. The van der Waals surface area contributed by atoms with Crippen LogP contribution in [0, 0.1) is 0 Å². The zero-order valence-corrected chi connectivity index (χ0v) is 29.4. The second-order valence-electron chi connectivity index (χ2n) is 14.1. The van der Waals surface area contributed by atoms with Crippen LogP contribution in [-0.2, 0) is 0 Å². The third kappa shape index (κ3) is 4.47. The first kappa shape index (κ1) is 30.0. The monoisotopic (exact) mass is 706 g/mol. The molecule has 0 atom stereocenters. The SMILES string of the molecule is c1ccc(-c2c3ccccc3n3c2oc2cccc(-c4cccc(N(c5ccc6c(c5)oc5ccccc56)c5ccc6c(c5)oc5ccccc56)c4)c23)cc1. The molecule has 0 saturated heterocycles. The van der Waals surface area contributed by atoms with Gasteiger partial charge in [-0.25, -0.2) is 0 Å². The highest BCUT2D eigenvalue weighted by atomic mass is 16.3. The van der Waals surface area contributed by atoms with Gasteiger partial charge >= 0.3 is 0 Å². The lowest BCUT2D eigenvalue weighted by molar-refractivity contribution is 0.658. The molecular formula is C50H30N2O3. The molecule has 258 valence electrons. The summed E-state index contributed by atoms with van der Waals surface area (Å²) >= 11 is 0. The molecule has 4 heterocycles. The van der Waals surface area contributed by atoms with Gasteiger partial charge in [0, 0.05) is 61.7 Å². The summed E-state index contributed by atoms with van der Waals surface area (Å²) in [5, 5.41) is 5.55. The summed E-state index contributed by atoms with van der Waals surface area (Å²) in [5.41, 5.74) is 14.6. The summed E-state index contributed by atoms with van der Waals surface area (Å²) in [6.07, 6.45) is 0. The molecule has 0 spiro atoms. The molecule has 55 heavy (non-hydrogen) atoms. The fraction of sp³-hybridized carbons (Fsp3) is 0. The number of benzene rings is 8. The van der Waals surface area contributed by atoms with E-state index in [-0.39, 0.29) is 0 Å². The van der Waals surface area contributed by atoms with Crippen molar-refractivity contribution in [3.05, 3.63) is 182 Å². The second kappa shape index (κ2) is 11.5. The quantitative estimate of drug-likeness (QED) is 0.179.